The summed E-state index contributed by atoms with van der Waals surface area (Å²) in [5.41, 5.74) is -0.0467. The fraction of sp³-hybridized carbons (Fsp3) is 0.667. The zero-order chi connectivity index (χ0) is 12.9. The number of allylic oxidation sites excluding steroid dienone is 1. The topological polar surface area (TPSA) is 57.6 Å². The van der Waals surface area contributed by atoms with Crippen LogP contribution >= 0.6 is 0 Å². The molecule has 0 radical (unpaired) electrons. The molecule has 0 saturated carbocycles. The van der Waals surface area contributed by atoms with Gasteiger partial charge in [-0.1, -0.05) is 33.8 Å². The molecular weight excluding hydrogens is 206 g/mol. The number of likely N-dealkylation sites (N-methyl/N-ethyl adjacent to an activating group) is 1. The Labute approximate surface area is 96.9 Å². The summed E-state index contributed by atoms with van der Waals surface area (Å²) >= 11 is 0. The summed E-state index contributed by atoms with van der Waals surface area (Å²) in [6, 6.07) is 0. The molecule has 0 rings (SSSR count). The Hall–Kier alpha value is -1.32. The summed E-state index contributed by atoms with van der Waals surface area (Å²) in [7, 11) is 1.61. The van der Waals surface area contributed by atoms with E-state index in [1.165, 1.54) is 11.0 Å². The lowest BCUT2D eigenvalue weighted by molar-refractivity contribution is -0.142. The second kappa shape index (κ2) is 5.68. The second-order valence-electron chi connectivity index (χ2n) is 5.16. The molecule has 1 atom stereocenters. The molecule has 1 unspecified atom stereocenters. The molecule has 0 spiro atoms. The Bertz CT molecular complexity index is 289. The van der Waals surface area contributed by atoms with Crippen LogP contribution in [0.2, 0.25) is 0 Å². The molecule has 1 N–H and O–H groups in total. The highest BCUT2D eigenvalue weighted by Gasteiger charge is 2.16. The Balaban J connectivity index is 4.30. The molecule has 0 fully saturated rings. The molecule has 92 valence electrons. The average molecular weight is 227 g/mol. The Morgan fingerprint density at radius 1 is 1.38 bits per heavy atom. The number of carbonyl (C=O) groups excluding carboxylic acids is 1. The molecule has 1 amide bonds. The number of hydrogen-bond donors (Lipinski definition) is 1. The minimum absolute atomic E-state index is 0.0467. The number of rotatable bonds is 4. The fourth-order valence-electron chi connectivity index (χ4n) is 1.03. The first kappa shape index (κ1) is 14.7. The van der Waals surface area contributed by atoms with Gasteiger partial charge in [-0.2, -0.15) is 0 Å². The third kappa shape index (κ3) is 6.22. The molecule has 16 heavy (non-hydrogen) atoms. The molecule has 0 aromatic heterocycles. The van der Waals surface area contributed by atoms with Gasteiger partial charge in [-0.05, 0) is 11.5 Å². The quantitative estimate of drug-likeness (QED) is 0.745. The molecule has 0 aliphatic carbocycles. The number of carbonyl (C=O) groups is 2. The van der Waals surface area contributed by atoms with Crippen LogP contribution in [0.15, 0.2) is 12.2 Å². The predicted octanol–water partition coefficient (Wildman–Crippen LogP) is 1.77. The first-order valence-electron chi connectivity index (χ1n) is 5.30. The first-order valence-corrected chi connectivity index (χ1v) is 5.30. The van der Waals surface area contributed by atoms with Crippen LogP contribution in [0.4, 0.5) is 0 Å². The predicted molar refractivity (Wildman–Crippen MR) is 63.0 cm³/mol. The molecule has 0 heterocycles. The molecule has 0 saturated heterocycles. The van der Waals surface area contributed by atoms with E-state index in [2.05, 4.69) is 0 Å². The maximum atomic E-state index is 11.6. The van der Waals surface area contributed by atoms with Gasteiger partial charge in [0.2, 0.25) is 5.91 Å². The van der Waals surface area contributed by atoms with E-state index in [9.17, 15) is 9.59 Å². The SMILES string of the molecule is CC(CN(C)C(=O)/C=C/C(C)(C)C)C(=O)O. The number of amides is 1. The highest BCUT2D eigenvalue weighted by molar-refractivity contribution is 5.87. The largest absolute Gasteiger partial charge is 0.481 e. The van der Waals surface area contributed by atoms with Crippen LogP contribution in [0.5, 0.6) is 0 Å². The average Bonchev–Trinajstić information content (AvgIpc) is 2.12. The van der Waals surface area contributed by atoms with Gasteiger partial charge in [0.25, 0.3) is 0 Å². The van der Waals surface area contributed by atoms with Crippen LogP contribution in [0.25, 0.3) is 0 Å². The molecule has 0 aromatic rings. The van der Waals surface area contributed by atoms with Crippen LogP contribution < -0.4 is 0 Å². The molecule has 0 aromatic carbocycles. The summed E-state index contributed by atoms with van der Waals surface area (Å²) in [5.74, 6) is -1.60. The fourth-order valence-corrected chi connectivity index (χ4v) is 1.03. The maximum absolute atomic E-state index is 11.6. The van der Waals surface area contributed by atoms with Gasteiger partial charge in [0.1, 0.15) is 0 Å². The second-order valence-corrected chi connectivity index (χ2v) is 5.16. The van der Waals surface area contributed by atoms with Crippen molar-refractivity contribution in [3.63, 3.8) is 0 Å². The summed E-state index contributed by atoms with van der Waals surface area (Å²) in [5, 5.41) is 8.72. The summed E-state index contributed by atoms with van der Waals surface area (Å²) < 4.78 is 0. The monoisotopic (exact) mass is 227 g/mol. The minimum atomic E-state index is -0.889. The lowest BCUT2D eigenvalue weighted by Crippen LogP contribution is -2.32. The smallest absolute Gasteiger partial charge is 0.308 e. The minimum Gasteiger partial charge on any atom is -0.481 e. The van der Waals surface area contributed by atoms with E-state index in [-0.39, 0.29) is 17.9 Å². The zero-order valence-electron chi connectivity index (χ0n) is 10.7. The summed E-state index contributed by atoms with van der Waals surface area (Å²) in [6.45, 7) is 7.80. The van der Waals surface area contributed by atoms with Crippen molar-refractivity contribution >= 4 is 11.9 Å². The van der Waals surface area contributed by atoms with Gasteiger partial charge in [0.15, 0.2) is 0 Å². The van der Waals surface area contributed by atoms with Crippen molar-refractivity contribution in [3.8, 4) is 0 Å². The maximum Gasteiger partial charge on any atom is 0.308 e. The lowest BCUT2D eigenvalue weighted by Gasteiger charge is -2.18. The Morgan fingerprint density at radius 3 is 2.25 bits per heavy atom. The first-order chi connectivity index (χ1) is 7.13. The Kier molecular flexibility index (Phi) is 5.21. The molecule has 0 aliphatic rings. The normalized spacial score (nSPS) is 13.8. The molecule has 4 nitrogen and oxygen atoms in total. The van der Waals surface area contributed by atoms with E-state index in [4.69, 9.17) is 5.11 Å². The number of carboxylic acids is 1. The van der Waals surface area contributed by atoms with Gasteiger partial charge in [-0.3, -0.25) is 9.59 Å². The van der Waals surface area contributed by atoms with Crippen LogP contribution in [0, 0.1) is 11.3 Å². The summed E-state index contributed by atoms with van der Waals surface area (Å²) in [4.78, 5) is 23.6. The van der Waals surface area contributed by atoms with Crippen molar-refractivity contribution in [2.75, 3.05) is 13.6 Å². The number of hydrogen-bond acceptors (Lipinski definition) is 2. The van der Waals surface area contributed by atoms with E-state index >= 15 is 0 Å². The van der Waals surface area contributed by atoms with E-state index in [0.717, 1.165) is 0 Å². The Morgan fingerprint density at radius 2 is 1.88 bits per heavy atom. The standard InChI is InChI=1S/C12H21NO3/c1-9(11(15)16)8-13(5)10(14)6-7-12(2,3)4/h6-7,9H,8H2,1-5H3,(H,15,16)/b7-6+. The molecule has 0 aliphatic heterocycles. The third-order valence-electron chi connectivity index (χ3n) is 2.07. The van der Waals surface area contributed by atoms with Gasteiger partial charge in [-0.15, -0.1) is 0 Å². The van der Waals surface area contributed by atoms with Gasteiger partial charge < -0.3 is 10.0 Å². The van der Waals surface area contributed by atoms with Gasteiger partial charge in [0.05, 0.1) is 5.92 Å². The molecular formula is C12H21NO3. The van der Waals surface area contributed by atoms with Crippen LogP contribution in [-0.4, -0.2) is 35.5 Å². The highest BCUT2D eigenvalue weighted by Crippen LogP contribution is 2.14. The van der Waals surface area contributed by atoms with Gasteiger partial charge >= 0.3 is 5.97 Å². The van der Waals surface area contributed by atoms with E-state index in [1.807, 2.05) is 26.8 Å². The third-order valence-corrected chi connectivity index (χ3v) is 2.07. The molecule has 4 heteroatoms. The van der Waals surface area contributed by atoms with E-state index in [0.29, 0.717) is 0 Å². The highest BCUT2D eigenvalue weighted by atomic mass is 16.4. The van der Waals surface area contributed by atoms with Crippen LogP contribution in [-0.2, 0) is 9.59 Å². The zero-order valence-corrected chi connectivity index (χ0v) is 10.7. The van der Waals surface area contributed by atoms with Gasteiger partial charge in [-0.25, -0.2) is 0 Å². The van der Waals surface area contributed by atoms with Crippen LogP contribution in [0.1, 0.15) is 27.7 Å². The van der Waals surface area contributed by atoms with Crippen LogP contribution in [0.3, 0.4) is 0 Å². The van der Waals surface area contributed by atoms with E-state index < -0.39 is 11.9 Å². The van der Waals surface area contributed by atoms with E-state index in [1.54, 1.807) is 14.0 Å². The molecule has 0 bridgehead atoms. The summed E-state index contributed by atoms with van der Waals surface area (Å²) in [6.07, 6.45) is 3.31. The lowest BCUT2D eigenvalue weighted by atomic mass is 9.96. The van der Waals surface area contributed by atoms with Crippen molar-refractivity contribution in [2.24, 2.45) is 11.3 Å². The van der Waals surface area contributed by atoms with Crippen molar-refractivity contribution in [2.45, 2.75) is 27.7 Å². The van der Waals surface area contributed by atoms with Gasteiger partial charge in [0, 0.05) is 13.6 Å². The van der Waals surface area contributed by atoms with Crippen molar-refractivity contribution in [3.05, 3.63) is 12.2 Å². The van der Waals surface area contributed by atoms with Crippen molar-refractivity contribution < 1.29 is 14.7 Å². The van der Waals surface area contributed by atoms with Crippen molar-refractivity contribution in [1.29, 1.82) is 0 Å². The number of nitrogens with zero attached hydrogens (tertiary/aromatic N) is 1. The van der Waals surface area contributed by atoms with Crippen molar-refractivity contribution in [1.82, 2.24) is 4.90 Å². The number of carboxylic acid groups (broad SMARTS) is 1. The number of aliphatic carboxylic acids is 1.